The summed E-state index contributed by atoms with van der Waals surface area (Å²) in [6.45, 7) is 8.36. The van der Waals surface area contributed by atoms with Crippen molar-refractivity contribution in [3.63, 3.8) is 0 Å². The number of hydrogen-bond acceptors (Lipinski definition) is 3. The van der Waals surface area contributed by atoms with Crippen LogP contribution >= 0.6 is 0 Å². The van der Waals surface area contributed by atoms with Gasteiger partial charge in [-0.05, 0) is 44.8 Å². The first-order valence-electron chi connectivity index (χ1n) is 7.98. The fourth-order valence-corrected chi connectivity index (χ4v) is 3.36. The minimum atomic E-state index is -0.296. The van der Waals surface area contributed by atoms with Gasteiger partial charge in [-0.3, -0.25) is 0 Å². The largest absolute Gasteiger partial charge is 0.494 e. The molecule has 3 aliphatic rings. The van der Waals surface area contributed by atoms with E-state index in [1.165, 1.54) is 11.3 Å². The Bertz CT molecular complexity index is 661. The molecule has 1 N–H and O–H groups in total. The third kappa shape index (κ3) is 1.98. The van der Waals surface area contributed by atoms with Gasteiger partial charge in [0.05, 0.1) is 17.2 Å². The molecule has 1 aliphatic carbocycles. The fourth-order valence-electron chi connectivity index (χ4n) is 3.36. The number of rotatable bonds is 1. The average molecular weight is 295 g/mol. The van der Waals surface area contributed by atoms with Crippen LogP contribution in [-0.2, 0) is 9.31 Å². The van der Waals surface area contributed by atoms with Crippen molar-refractivity contribution < 1.29 is 9.31 Å². The maximum atomic E-state index is 6.16. The molecular formula is C18H22BNO2. The second-order valence-corrected chi connectivity index (χ2v) is 7.40. The maximum absolute atomic E-state index is 6.16. The number of hydrogen-bond donors (Lipinski definition) is 1. The van der Waals surface area contributed by atoms with Crippen LogP contribution in [0.15, 0.2) is 48.0 Å². The Labute approximate surface area is 132 Å². The van der Waals surface area contributed by atoms with Gasteiger partial charge in [0.15, 0.2) is 0 Å². The van der Waals surface area contributed by atoms with E-state index in [1.807, 2.05) is 0 Å². The molecule has 2 aliphatic heterocycles. The van der Waals surface area contributed by atoms with E-state index in [9.17, 15) is 0 Å². The minimum absolute atomic E-state index is 0.285. The zero-order valence-corrected chi connectivity index (χ0v) is 13.6. The molecule has 0 aromatic heterocycles. The number of fused-ring (bicyclic) bond motifs is 3. The molecule has 4 heteroatoms. The Kier molecular flexibility index (Phi) is 2.88. The van der Waals surface area contributed by atoms with Crippen molar-refractivity contribution in [3.05, 3.63) is 53.5 Å². The molecule has 0 amide bonds. The van der Waals surface area contributed by atoms with Gasteiger partial charge in [-0.15, -0.1) is 0 Å². The number of nitrogens with one attached hydrogen (secondary N) is 1. The van der Waals surface area contributed by atoms with Crippen molar-refractivity contribution >= 4 is 12.8 Å². The lowest BCUT2D eigenvalue weighted by molar-refractivity contribution is 0.00578. The van der Waals surface area contributed by atoms with Gasteiger partial charge in [0.1, 0.15) is 0 Å². The molecule has 0 saturated carbocycles. The third-order valence-electron chi connectivity index (χ3n) is 5.42. The van der Waals surface area contributed by atoms with Crippen LogP contribution in [-0.4, -0.2) is 24.4 Å². The second kappa shape index (κ2) is 4.50. The smallest absolute Gasteiger partial charge is 0.399 e. The van der Waals surface area contributed by atoms with Crippen LogP contribution in [0.5, 0.6) is 0 Å². The molecule has 22 heavy (non-hydrogen) atoms. The van der Waals surface area contributed by atoms with E-state index < -0.39 is 0 Å². The lowest BCUT2D eigenvalue weighted by atomic mass is 9.73. The molecule has 0 bridgehead atoms. The zero-order chi connectivity index (χ0) is 15.5. The first-order valence-corrected chi connectivity index (χ1v) is 7.98. The van der Waals surface area contributed by atoms with E-state index in [0.29, 0.717) is 5.92 Å². The van der Waals surface area contributed by atoms with Crippen molar-refractivity contribution in [1.29, 1.82) is 0 Å². The van der Waals surface area contributed by atoms with Gasteiger partial charge in [0.2, 0.25) is 0 Å². The summed E-state index contributed by atoms with van der Waals surface area (Å²) in [6.07, 6.45) is 6.68. The van der Waals surface area contributed by atoms with Crippen molar-refractivity contribution in [2.45, 2.75) is 50.9 Å². The molecule has 3 nitrogen and oxygen atoms in total. The van der Waals surface area contributed by atoms with Crippen molar-refractivity contribution in [3.8, 4) is 0 Å². The Morgan fingerprint density at radius 3 is 2.45 bits per heavy atom. The fraction of sp³-hybridized carbons (Fsp3) is 0.444. The van der Waals surface area contributed by atoms with Crippen molar-refractivity contribution in [1.82, 2.24) is 0 Å². The van der Waals surface area contributed by atoms with Crippen LogP contribution in [0.4, 0.5) is 5.69 Å². The second-order valence-electron chi connectivity index (χ2n) is 7.40. The van der Waals surface area contributed by atoms with Crippen molar-refractivity contribution in [2.75, 3.05) is 5.32 Å². The third-order valence-corrected chi connectivity index (χ3v) is 5.42. The summed E-state index contributed by atoms with van der Waals surface area (Å²) in [6, 6.07) is 8.81. The van der Waals surface area contributed by atoms with E-state index in [0.717, 1.165) is 5.47 Å². The summed E-state index contributed by atoms with van der Waals surface area (Å²) in [4.78, 5) is 0. The molecule has 1 aromatic rings. The molecule has 114 valence electrons. The molecular weight excluding hydrogens is 273 g/mol. The number of benzene rings is 1. The Morgan fingerprint density at radius 2 is 1.73 bits per heavy atom. The Morgan fingerprint density at radius 1 is 1.05 bits per heavy atom. The summed E-state index contributed by atoms with van der Waals surface area (Å²) in [5, 5.41) is 3.59. The molecule has 2 heterocycles. The summed E-state index contributed by atoms with van der Waals surface area (Å²) in [5.74, 6) is 0.405. The average Bonchev–Trinajstić information content (AvgIpc) is 2.93. The van der Waals surface area contributed by atoms with Crippen LogP contribution in [0.25, 0.3) is 0 Å². The predicted molar refractivity (Wildman–Crippen MR) is 89.9 cm³/mol. The van der Waals surface area contributed by atoms with Gasteiger partial charge < -0.3 is 14.6 Å². The van der Waals surface area contributed by atoms with Gasteiger partial charge in [0, 0.05) is 11.6 Å². The molecule has 1 saturated heterocycles. The molecule has 1 aromatic carbocycles. The minimum Gasteiger partial charge on any atom is -0.399 e. The van der Waals surface area contributed by atoms with Crippen LogP contribution in [0.1, 0.15) is 39.2 Å². The predicted octanol–water partition coefficient (Wildman–Crippen LogP) is 3.69. The molecule has 2 atom stereocenters. The van der Waals surface area contributed by atoms with Gasteiger partial charge in [0.25, 0.3) is 0 Å². The normalized spacial score (nSPS) is 30.5. The zero-order valence-electron chi connectivity index (χ0n) is 13.6. The summed E-state index contributed by atoms with van der Waals surface area (Å²) < 4.78 is 12.3. The van der Waals surface area contributed by atoms with Crippen LogP contribution < -0.4 is 5.32 Å². The maximum Gasteiger partial charge on any atom is 0.494 e. The number of allylic oxidation sites excluding steroid dienone is 2. The highest BCUT2D eigenvalue weighted by Crippen LogP contribution is 2.43. The highest BCUT2D eigenvalue weighted by atomic mass is 16.7. The van der Waals surface area contributed by atoms with Crippen LogP contribution in [0, 0.1) is 0 Å². The van der Waals surface area contributed by atoms with Crippen LogP contribution in [0.3, 0.4) is 0 Å². The van der Waals surface area contributed by atoms with Gasteiger partial charge in [-0.2, -0.15) is 0 Å². The Hall–Kier alpha value is -1.52. The van der Waals surface area contributed by atoms with E-state index in [1.54, 1.807) is 0 Å². The first kappa shape index (κ1) is 14.1. The molecule has 0 radical (unpaired) electrons. The Balaban J connectivity index is 1.60. The van der Waals surface area contributed by atoms with E-state index in [2.05, 4.69) is 75.5 Å². The molecule has 1 fully saturated rings. The van der Waals surface area contributed by atoms with Gasteiger partial charge in [-0.1, -0.05) is 36.4 Å². The monoisotopic (exact) mass is 295 g/mol. The summed E-state index contributed by atoms with van der Waals surface area (Å²) in [5.41, 5.74) is 3.12. The number of anilines is 1. The first-order chi connectivity index (χ1) is 10.4. The lowest BCUT2D eigenvalue weighted by Crippen LogP contribution is -2.41. The van der Waals surface area contributed by atoms with E-state index >= 15 is 0 Å². The van der Waals surface area contributed by atoms with Gasteiger partial charge >= 0.3 is 7.12 Å². The lowest BCUT2D eigenvalue weighted by Gasteiger charge is -2.32. The molecule has 0 spiro atoms. The number of para-hydroxylation sites is 1. The summed E-state index contributed by atoms with van der Waals surface area (Å²) >= 11 is 0. The van der Waals surface area contributed by atoms with E-state index in [-0.39, 0.29) is 24.4 Å². The van der Waals surface area contributed by atoms with Gasteiger partial charge in [-0.25, -0.2) is 0 Å². The SMILES string of the molecule is CC1(C)OB(C2=C[C@@H]3Nc4ccccc4[C@H]3C=C2)OC1(C)C. The standard InChI is InChI=1S/C18H22BNO2/c1-17(2)18(3,4)22-19(21-17)12-9-10-14-13-7-5-6-8-15(13)20-16(14)11-12/h5-11,14,16,20H,1-4H3/t14-,16+/m1/s1. The van der Waals surface area contributed by atoms with Crippen molar-refractivity contribution in [2.24, 2.45) is 0 Å². The summed E-state index contributed by atoms with van der Waals surface area (Å²) in [7, 11) is -0.285. The molecule has 0 unspecified atom stereocenters. The quantitative estimate of drug-likeness (QED) is 0.801. The van der Waals surface area contributed by atoms with Crippen LogP contribution in [0.2, 0.25) is 0 Å². The highest BCUT2D eigenvalue weighted by molar-refractivity contribution is 6.55. The molecule has 4 rings (SSSR count). The van der Waals surface area contributed by atoms with E-state index in [4.69, 9.17) is 9.31 Å². The topological polar surface area (TPSA) is 30.5 Å². The highest BCUT2D eigenvalue weighted by Gasteiger charge is 2.52.